The number of ether oxygens (including phenoxy) is 1. The number of hydrogen-bond acceptors (Lipinski definition) is 7. The van der Waals surface area contributed by atoms with E-state index in [0.29, 0.717) is 44.8 Å². The van der Waals surface area contributed by atoms with E-state index in [1.807, 2.05) is 0 Å². The van der Waals surface area contributed by atoms with Gasteiger partial charge in [0.2, 0.25) is 5.91 Å². The minimum absolute atomic E-state index is 0.0116. The molecule has 2 atom stereocenters. The third kappa shape index (κ3) is 6.50. The summed E-state index contributed by atoms with van der Waals surface area (Å²) in [5.74, 6) is 0.260. The lowest BCUT2D eigenvalue weighted by Gasteiger charge is -2.36. The Morgan fingerprint density at radius 2 is 1.73 bits per heavy atom. The molecule has 2 saturated heterocycles. The van der Waals surface area contributed by atoms with Gasteiger partial charge in [-0.05, 0) is 25.0 Å². The van der Waals surface area contributed by atoms with Gasteiger partial charge in [0.25, 0.3) is 5.56 Å². The van der Waals surface area contributed by atoms with Crippen molar-refractivity contribution in [1.29, 1.82) is 0 Å². The molecule has 202 valence electrons. The molecule has 0 spiro atoms. The van der Waals surface area contributed by atoms with E-state index in [4.69, 9.17) is 4.74 Å². The minimum Gasteiger partial charge on any atom is -0.380 e. The first-order chi connectivity index (χ1) is 17.4. The highest BCUT2D eigenvalue weighted by atomic mass is 19.4. The first kappa shape index (κ1) is 26.7. The molecule has 1 amide bonds. The predicted molar refractivity (Wildman–Crippen MR) is 119 cm³/mol. The lowest BCUT2D eigenvalue weighted by atomic mass is 10.1. The zero-order chi connectivity index (χ0) is 26.8. The molecule has 0 aliphatic carbocycles. The molecule has 2 aliphatic heterocycles. The number of nitrogens with one attached hydrogen (secondary N) is 2. The minimum atomic E-state index is -4.85. The van der Waals surface area contributed by atoms with Gasteiger partial charge in [-0.1, -0.05) is 0 Å². The third-order valence-electron chi connectivity index (χ3n) is 6.29. The molecule has 2 fully saturated rings. The topological polar surface area (TPSA) is 103 Å². The Hall–Kier alpha value is -3.36. The number of aromatic amines is 1. The fraction of sp³-hybridized carbons (Fsp3) is 0.545. The van der Waals surface area contributed by atoms with Gasteiger partial charge in [0.05, 0.1) is 36.1 Å². The molecule has 9 nitrogen and oxygen atoms in total. The Morgan fingerprint density at radius 1 is 1.03 bits per heavy atom. The number of pyridine rings is 1. The lowest BCUT2D eigenvalue weighted by Crippen LogP contribution is -2.49. The van der Waals surface area contributed by atoms with Gasteiger partial charge in [-0.15, -0.1) is 0 Å². The zero-order valence-electron chi connectivity index (χ0n) is 19.4. The highest BCUT2D eigenvalue weighted by molar-refractivity contribution is 5.77. The second kappa shape index (κ2) is 10.6. The van der Waals surface area contributed by atoms with E-state index < -0.39 is 46.9 Å². The molecule has 2 aliphatic rings. The normalized spacial score (nSPS) is 20.8. The van der Waals surface area contributed by atoms with Gasteiger partial charge in [-0.3, -0.25) is 9.59 Å². The number of aromatic nitrogens is 3. The molecule has 2 N–H and O–H groups in total. The number of rotatable bonds is 6. The maximum Gasteiger partial charge on any atom is 0.423 e. The van der Waals surface area contributed by atoms with Gasteiger partial charge in [0.1, 0.15) is 11.4 Å². The summed E-state index contributed by atoms with van der Waals surface area (Å²) in [6.07, 6.45) is -7.30. The van der Waals surface area contributed by atoms with Crippen LogP contribution in [-0.2, 0) is 21.9 Å². The molecule has 2 aromatic rings. The molecule has 4 rings (SSSR count). The number of anilines is 2. The first-order valence-corrected chi connectivity index (χ1v) is 11.5. The van der Waals surface area contributed by atoms with E-state index in [1.54, 1.807) is 14.9 Å². The van der Waals surface area contributed by atoms with Crippen LogP contribution in [0.2, 0.25) is 0 Å². The van der Waals surface area contributed by atoms with E-state index in [0.717, 1.165) is 18.5 Å². The van der Waals surface area contributed by atoms with E-state index in [2.05, 4.69) is 15.4 Å². The fourth-order valence-electron chi connectivity index (χ4n) is 4.37. The van der Waals surface area contributed by atoms with Crippen molar-refractivity contribution < 1.29 is 35.9 Å². The summed E-state index contributed by atoms with van der Waals surface area (Å²) in [7, 11) is 0. The molecular weight excluding hydrogens is 510 g/mol. The number of alkyl halides is 6. The van der Waals surface area contributed by atoms with E-state index in [1.165, 1.54) is 6.07 Å². The van der Waals surface area contributed by atoms with Gasteiger partial charge in [-0.2, -0.15) is 31.4 Å². The summed E-state index contributed by atoms with van der Waals surface area (Å²) in [6, 6.07) is 2.28. The summed E-state index contributed by atoms with van der Waals surface area (Å²) >= 11 is 0. The largest absolute Gasteiger partial charge is 0.423 e. The summed E-state index contributed by atoms with van der Waals surface area (Å²) in [6.45, 7) is 1.57. The van der Waals surface area contributed by atoms with Crippen LogP contribution in [0.4, 0.5) is 37.8 Å². The maximum atomic E-state index is 13.2. The van der Waals surface area contributed by atoms with Crippen molar-refractivity contribution in [2.75, 3.05) is 42.9 Å². The van der Waals surface area contributed by atoms with Gasteiger partial charge in [0.15, 0.2) is 0 Å². The molecule has 4 heterocycles. The van der Waals surface area contributed by atoms with Crippen LogP contribution < -0.4 is 15.8 Å². The number of amides is 1. The number of halogens is 6. The number of hydrogen-bond donors (Lipinski definition) is 2. The highest BCUT2D eigenvalue weighted by Crippen LogP contribution is 2.32. The fourth-order valence-corrected chi connectivity index (χ4v) is 4.37. The van der Waals surface area contributed by atoms with Crippen LogP contribution in [0, 0.1) is 0 Å². The van der Waals surface area contributed by atoms with Gasteiger partial charge in [0, 0.05) is 38.9 Å². The Bertz CT molecular complexity index is 1150. The van der Waals surface area contributed by atoms with Crippen molar-refractivity contribution in [2.45, 2.75) is 43.8 Å². The number of piperazine rings is 1. The van der Waals surface area contributed by atoms with Gasteiger partial charge >= 0.3 is 12.4 Å². The van der Waals surface area contributed by atoms with Crippen LogP contribution in [0.3, 0.4) is 0 Å². The third-order valence-corrected chi connectivity index (χ3v) is 6.29. The Labute approximate surface area is 206 Å². The molecular formula is C22H24F6N6O3. The average Bonchev–Trinajstić information content (AvgIpc) is 3.28. The number of carbonyl (C=O) groups is 1. The van der Waals surface area contributed by atoms with Crippen molar-refractivity contribution in [3.05, 3.63) is 46.0 Å². The number of nitrogens with zero attached hydrogens (tertiary/aromatic N) is 4. The molecule has 0 unspecified atom stereocenters. The standard InChI is InChI=1S/C22H24F6N6O3/c23-21(24,25)13-1-4-17(30-10-13)33-5-7-34(8-6-33)18(35)9-14-2-3-15(37-14)11-29-16-12-31-32-20(36)19(16)22(26,27)28/h1,4,10,12,14-15H,2-3,5-9,11H2,(H2,29,32,36)/t14-,15+/m0/s1. The molecule has 0 aromatic carbocycles. The second-order valence-electron chi connectivity index (χ2n) is 8.80. The monoisotopic (exact) mass is 534 g/mol. The molecule has 2 aromatic heterocycles. The smallest absolute Gasteiger partial charge is 0.380 e. The first-order valence-electron chi connectivity index (χ1n) is 11.5. The highest BCUT2D eigenvalue weighted by Gasteiger charge is 2.38. The van der Waals surface area contributed by atoms with Crippen LogP contribution in [0.15, 0.2) is 29.3 Å². The molecule has 0 radical (unpaired) electrons. The Morgan fingerprint density at radius 3 is 2.35 bits per heavy atom. The SMILES string of the molecule is O=C(C[C@@H]1CC[C@H](CNc2cn[nH]c(=O)c2C(F)(F)F)O1)N1CCN(c2ccc(C(F)(F)F)cn2)CC1. The summed E-state index contributed by atoms with van der Waals surface area (Å²) < 4.78 is 83.5. The average molecular weight is 534 g/mol. The lowest BCUT2D eigenvalue weighted by molar-refractivity contribution is -0.138. The van der Waals surface area contributed by atoms with E-state index in [-0.39, 0.29) is 18.9 Å². The summed E-state index contributed by atoms with van der Waals surface area (Å²) in [5.41, 5.74) is -3.98. The van der Waals surface area contributed by atoms with Crippen molar-refractivity contribution in [3.63, 3.8) is 0 Å². The van der Waals surface area contributed by atoms with Crippen LogP contribution in [0.5, 0.6) is 0 Å². The van der Waals surface area contributed by atoms with Crippen LogP contribution in [0.1, 0.15) is 30.4 Å². The van der Waals surface area contributed by atoms with Crippen molar-refractivity contribution in [2.24, 2.45) is 0 Å². The number of H-pyrrole nitrogens is 1. The molecule has 37 heavy (non-hydrogen) atoms. The predicted octanol–water partition coefficient (Wildman–Crippen LogP) is 2.90. The molecule has 0 saturated carbocycles. The number of carbonyl (C=O) groups excluding carboxylic acids is 1. The van der Waals surface area contributed by atoms with Crippen LogP contribution in [-0.4, -0.2) is 70.9 Å². The van der Waals surface area contributed by atoms with Crippen LogP contribution >= 0.6 is 0 Å². The van der Waals surface area contributed by atoms with Crippen molar-refractivity contribution in [3.8, 4) is 0 Å². The Kier molecular flexibility index (Phi) is 7.62. The molecule has 0 bridgehead atoms. The maximum absolute atomic E-state index is 13.2. The van der Waals surface area contributed by atoms with Gasteiger partial charge < -0.3 is 19.9 Å². The zero-order valence-corrected chi connectivity index (χ0v) is 19.4. The second-order valence-corrected chi connectivity index (χ2v) is 8.80. The van der Waals surface area contributed by atoms with Crippen molar-refractivity contribution >= 4 is 17.4 Å². The van der Waals surface area contributed by atoms with E-state index >= 15 is 0 Å². The quantitative estimate of drug-likeness (QED) is 0.550. The van der Waals surface area contributed by atoms with Gasteiger partial charge in [-0.25, -0.2) is 10.1 Å². The molecule has 15 heteroatoms. The van der Waals surface area contributed by atoms with E-state index in [9.17, 15) is 35.9 Å². The van der Waals surface area contributed by atoms with Crippen LogP contribution in [0.25, 0.3) is 0 Å². The van der Waals surface area contributed by atoms with Crippen molar-refractivity contribution in [1.82, 2.24) is 20.1 Å². The summed E-state index contributed by atoms with van der Waals surface area (Å²) in [4.78, 5) is 31.6. The Balaban J connectivity index is 1.23. The summed E-state index contributed by atoms with van der Waals surface area (Å²) in [5, 5.41) is 7.75.